The first-order valence-electron chi connectivity index (χ1n) is 9.12. The predicted molar refractivity (Wildman–Crippen MR) is 111 cm³/mol. The number of hydrogen-bond acceptors (Lipinski definition) is 2. The van der Waals surface area contributed by atoms with E-state index in [1.807, 2.05) is 84.9 Å². The van der Waals surface area contributed by atoms with Gasteiger partial charge in [-0.15, -0.1) is 0 Å². The number of hydrogen-bond donors (Lipinski definition) is 3. The summed E-state index contributed by atoms with van der Waals surface area (Å²) in [6, 6.07) is 26.6. The first-order valence-corrected chi connectivity index (χ1v) is 9.12. The Hall–Kier alpha value is -3.60. The normalized spacial score (nSPS) is 10.4. The number of amides is 3. The average molecular weight is 373 g/mol. The van der Waals surface area contributed by atoms with Crippen molar-refractivity contribution in [2.75, 3.05) is 5.32 Å². The number of urea groups is 1. The van der Waals surface area contributed by atoms with Crippen LogP contribution < -0.4 is 16.0 Å². The standard InChI is InChI=1S/C23H23N3O2/c1-17(27)25-21-14-8-9-18(15-21)16-24-23(28)26-22(19-10-4-2-5-11-19)20-12-6-3-7-13-20/h2-15,22H,16H2,1H3,(H,25,27)(H2,24,26,28). The Bertz CT molecular complexity index is 887. The minimum atomic E-state index is -0.261. The molecule has 0 bridgehead atoms. The minimum Gasteiger partial charge on any atom is -0.334 e. The second-order valence-corrected chi connectivity index (χ2v) is 6.46. The molecule has 3 aromatic rings. The maximum absolute atomic E-state index is 12.5. The molecule has 5 nitrogen and oxygen atoms in total. The van der Waals surface area contributed by atoms with E-state index in [-0.39, 0.29) is 18.0 Å². The maximum atomic E-state index is 12.5. The number of carbonyl (C=O) groups is 2. The van der Waals surface area contributed by atoms with Gasteiger partial charge in [0, 0.05) is 19.2 Å². The van der Waals surface area contributed by atoms with E-state index in [1.165, 1.54) is 6.92 Å². The second-order valence-electron chi connectivity index (χ2n) is 6.46. The van der Waals surface area contributed by atoms with Gasteiger partial charge < -0.3 is 16.0 Å². The lowest BCUT2D eigenvalue weighted by molar-refractivity contribution is -0.114. The van der Waals surface area contributed by atoms with E-state index in [2.05, 4.69) is 16.0 Å². The SMILES string of the molecule is CC(=O)Nc1cccc(CNC(=O)NC(c2ccccc2)c2ccccc2)c1. The average Bonchev–Trinajstić information content (AvgIpc) is 2.71. The molecular weight excluding hydrogens is 350 g/mol. The zero-order valence-electron chi connectivity index (χ0n) is 15.7. The molecule has 0 radical (unpaired) electrons. The number of benzene rings is 3. The quantitative estimate of drug-likeness (QED) is 0.605. The van der Waals surface area contributed by atoms with Gasteiger partial charge >= 0.3 is 6.03 Å². The molecule has 142 valence electrons. The molecule has 3 aromatic carbocycles. The van der Waals surface area contributed by atoms with Crippen LogP contribution in [0.15, 0.2) is 84.9 Å². The Morgan fingerprint density at radius 1 is 0.821 bits per heavy atom. The van der Waals surface area contributed by atoms with Crippen molar-refractivity contribution in [3.63, 3.8) is 0 Å². The number of carbonyl (C=O) groups excluding carboxylic acids is 2. The van der Waals surface area contributed by atoms with Crippen molar-refractivity contribution >= 4 is 17.6 Å². The first-order chi connectivity index (χ1) is 13.6. The molecule has 0 saturated heterocycles. The molecule has 3 rings (SSSR count). The lowest BCUT2D eigenvalue weighted by atomic mass is 9.99. The summed E-state index contributed by atoms with van der Waals surface area (Å²) in [6.07, 6.45) is 0. The van der Waals surface area contributed by atoms with Gasteiger partial charge in [0.2, 0.25) is 5.91 Å². The Balaban J connectivity index is 1.67. The molecule has 0 saturated carbocycles. The van der Waals surface area contributed by atoms with E-state index >= 15 is 0 Å². The van der Waals surface area contributed by atoms with Gasteiger partial charge in [0.15, 0.2) is 0 Å². The fraction of sp³-hybridized carbons (Fsp3) is 0.130. The maximum Gasteiger partial charge on any atom is 0.315 e. The van der Waals surface area contributed by atoms with Crippen molar-refractivity contribution in [3.8, 4) is 0 Å². The monoisotopic (exact) mass is 373 g/mol. The van der Waals surface area contributed by atoms with Crippen LogP contribution in [-0.2, 0) is 11.3 Å². The molecule has 0 atom stereocenters. The first kappa shape index (κ1) is 19.2. The van der Waals surface area contributed by atoms with Gasteiger partial charge in [-0.2, -0.15) is 0 Å². The molecule has 0 spiro atoms. The smallest absolute Gasteiger partial charge is 0.315 e. The third-order valence-electron chi connectivity index (χ3n) is 4.24. The van der Waals surface area contributed by atoms with E-state index in [0.717, 1.165) is 16.7 Å². The van der Waals surface area contributed by atoms with Crippen LogP contribution in [0.2, 0.25) is 0 Å². The highest BCUT2D eigenvalue weighted by molar-refractivity contribution is 5.88. The highest BCUT2D eigenvalue weighted by atomic mass is 16.2. The number of anilines is 1. The van der Waals surface area contributed by atoms with Gasteiger partial charge in [0.05, 0.1) is 6.04 Å². The number of nitrogens with one attached hydrogen (secondary N) is 3. The summed E-state index contributed by atoms with van der Waals surface area (Å²) in [7, 11) is 0. The van der Waals surface area contributed by atoms with Crippen LogP contribution in [0.25, 0.3) is 0 Å². The molecular formula is C23H23N3O2. The van der Waals surface area contributed by atoms with Crippen molar-refractivity contribution < 1.29 is 9.59 Å². The Morgan fingerprint density at radius 3 is 2.00 bits per heavy atom. The summed E-state index contributed by atoms with van der Waals surface area (Å²) in [5, 5.41) is 8.67. The van der Waals surface area contributed by atoms with Gasteiger partial charge in [0.1, 0.15) is 0 Å². The van der Waals surface area contributed by atoms with E-state index < -0.39 is 0 Å². The lowest BCUT2D eigenvalue weighted by Crippen LogP contribution is -2.38. The van der Waals surface area contributed by atoms with Crippen molar-refractivity contribution in [3.05, 3.63) is 102 Å². The van der Waals surface area contributed by atoms with E-state index in [9.17, 15) is 9.59 Å². The summed E-state index contributed by atoms with van der Waals surface area (Å²) in [4.78, 5) is 23.7. The van der Waals surface area contributed by atoms with Crippen molar-refractivity contribution in [2.45, 2.75) is 19.5 Å². The van der Waals surface area contributed by atoms with Crippen LogP contribution >= 0.6 is 0 Å². The van der Waals surface area contributed by atoms with E-state index in [0.29, 0.717) is 12.2 Å². The fourth-order valence-corrected chi connectivity index (χ4v) is 2.98. The van der Waals surface area contributed by atoms with Crippen LogP contribution in [0.4, 0.5) is 10.5 Å². The highest BCUT2D eigenvalue weighted by Gasteiger charge is 2.16. The third-order valence-corrected chi connectivity index (χ3v) is 4.24. The molecule has 28 heavy (non-hydrogen) atoms. The minimum absolute atomic E-state index is 0.128. The lowest BCUT2D eigenvalue weighted by Gasteiger charge is -2.20. The molecule has 0 unspecified atom stereocenters. The summed E-state index contributed by atoms with van der Waals surface area (Å²) in [5.41, 5.74) is 3.63. The highest BCUT2D eigenvalue weighted by Crippen LogP contribution is 2.21. The van der Waals surface area contributed by atoms with Gasteiger partial charge in [-0.05, 0) is 28.8 Å². The molecule has 0 aliphatic carbocycles. The van der Waals surface area contributed by atoms with Crippen LogP contribution in [0.5, 0.6) is 0 Å². The molecule has 0 fully saturated rings. The largest absolute Gasteiger partial charge is 0.334 e. The van der Waals surface area contributed by atoms with Crippen LogP contribution in [-0.4, -0.2) is 11.9 Å². The van der Waals surface area contributed by atoms with Gasteiger partial charge in [-0.25, -0.2) is 4.79 Å². The Kier molecular flexibility index (Phi) is 6.41. The molecule has 0 heterocycles. The van der Waals surface area contributed by atoms with Gasteiger partial charge in [0.25, 0.3) is 0 Å². The van der Waals surface area contributed by atoms with Crippen molar-refractivity contribution in [1.82, 2.24) is 10.6 Å². The molecule has 0 aromatic heterocycles. The third kappa shape index (κ3) is 5.45. The van der Waals surface area contributed by atoms with Gasteiger partial charge in [-0.3, -0.25) is 4.79 Å². The molecule has 3 amide bonds. The summed E-state index contributed by atoms with van der Waals surface area (Å²) in [6.45, 7) is 1.82. The zero-order valence-corrected chi connectivity index (χ0v) is 15.7. The van der Waals surface area contributed by atoms with Crippen LogP contribution in [0, 0.1) is 0 Å². The number of rotatable bonds is 6. The molecule has 0 aliphatic rings. The molecule has 5 heteroatoms. The van der Waals surface area contributed by atoms with E-state index in [1.54, 1.807) is 0 Å². The summed E-state index contributed by atoms with van der Waals surface area (Å²) < 4.78 is 0. The summed E-state index contributed by atoms with van der Waals surface area (Å²) in [5.74, 6) is -0.128. The van der Waals surface area contributed by atoms with E-state index in [4.69, 9.17) is 0 Å². The van der Waals surface area contributed by atoms with Crippen LogP contribution in [0.3, 0.4) is 0 Å². The zero-order chi connectivity index (χ0) is 19.8. The predicted octanol–water partition coefficient (Wildman–Crippen LogP) is 4.23. The Morgan fingerprint density at radius 2 is 1.43 bits per heavy atom. The van der Waals surface area contributed by atoms with Gasteiger partial charge in [-0.1, -0.05) is 72.8 Å². The molecule has 0 aliphatic heterocycles. The molecule has 3 N–H and O–H groups in total. The van der Waals surface area contributed by atoms with Crippen molar-refractivity contribution in [2.24, 2.45) is 0 Å². The fourth-order valence-electron chi connectivity index (χ4n) is 2.98. The van der Waals surface area contributed by atoms with Crippen LogP contribution in [0.1, 0.15) is 29.7 Å². The topological polar surface area (TPSA) is 70.2 Å². The second kappa shape index (κ2) is 9.37. The Labute approximate surface area is 164 Å². The summed E-state index contributed by atoms with van der Waals surface area (Å²) >= 11 is 0. The van der Waals surface area contributed by atoms with Crippen molar-refractivity contribution in [1.29, 1.82) is 0 Å².